The molecular formula is C9H14N2O3. The van der Waals surface area contributed by atoms with Crippen LogP contribution in [0.25, 0.3) is 0 Å². The van der Waals surface area contributed by atoms with Gasteiger partial charge in [0.2, 0.25) is 5.91 Å². The second-order valence-electron chi connectivity index (χ2n) is 3.08. The maximum Gasteiger partial charge on any atom is 0.243 e. The Morgan fingerprint density at radius 3 is 2.93 bits per heavy atom. The first-order valence-corrected chi connectivity index (χ1v) is 4.52. The van der Waals surface area contributed by atoms with Crippen LogP contribution in [-0.4, -0.2) is 31.4 Å². The summed E-state index contributed by atoms with van der Waals surface area (Å²) in [7, 11) is 0. The zero-order valence-corrected chi connectivity index (χ0v) is 7.91. The SMILES string of the molecule is NC(=O)COCCNC1=CC(=O)CC1. The molecule has 5 nitrogen and oxygen atoms in total. The van der Waals surface area contributed by atoms with Crippen molar-refractivity contribution in [3.63, 3.8) is 0 Å². The van der Waals surface area contributed by atoms with Crippen molar-refractivity contribution in [3.05, 3.63) is 11.8 Å². The van der Waals surface area contributed by atoms with E-state index in [2.05, 4.69) is 5.32 Å². The Labute approximate surface area is 82.3 Å². The summed E-state index contributed by atoms with van der Waals surface area (Å²) in [5.41, 5.74) is 5.82. The standard InChI is InChI=1S/C9H14N2O3/c10-9(13)6-14-4-3-11-7-1-2-8(12)5-7/h5,11H,1-4,6H2,(H2,10,13). The number of primary amides is 1. The molecule has 0 spiro atoms. The molecule has 0 aromatic carbocycles. The van der Waals surface area contributed by atoms with E-state index in [9.17, 15) is 9.59 Å². The van der Waals surface area contributed by atoms with Crippen molar-refractivity contribution in [2.24, 2.45) is 5.73 Å². The molecule has 0 aromatic heterocycles. The molecule has 14 heavy (non-hydrogen) atoms. The van der Waals surface area contributed by atoms with Crippen LogP contribution < -0.4 is 11.1 Å². The molecule has 1 amide bonds. The minimum absolute atomic E-state index is 0.0559. The number of carbonyl (C=O) groups is 2. The van der Waals surface area contributed by atoms with E-state index in [1.54, 1.807) is 6.08 Å². The lowest BCUT2D eigenvalue weighted by atomic mass is 10.3. The van der Waals surface area contributed by atoms with Crippen molar-refractivity contribution in [1.82, 2.24) is 5.32 Å². The van der Waals surface area contributed by atoms with E-state index < -0.39 is 5.91 Å². The van der Waals surface area contributed by atoms with E-state index >= 15 is 0 Å². The molecule has 3 N–H and O–H groups in total. The highest BCUT2D eigenvalue weighted by Gasteiger charge is 2.10. The van der Waals surface area contributed by atoms with Gasteiger partial charge in [0.05, 0.1) is 6.61 Å². The van der Waals surface area contributed by atoms with Gasteiger partial charge in [0.1, 0.15) is 6.61 Å². The highest BCUT2D eigenvalue weighted by atomic mass is 16.5. The zero-order valence-electron chi connectivity index (χ0n) is 7.91. The van der Waals surface area contributed by atoms with Gasteiger partial charge >= 0.3 is 0 Å². The summed E-state index contributed by atoms with van der Waals surface area (Å²) in [6.07, 6.45) is 2.97. The number of amides is 1. The molecule has 0 radical (unpaired) electrons. The second kappa shape index (κ2) is 5.39. The Morgan fingerprint density at radius 1 is 1.57 bits per heavy atom. The third-order valence-electron chi connectivity index (χ3n) is 1.82. The molecule has 1 aliphatic carbocycles. The van der Waals surface area contributed by atoms with Crippen molar-refractivity contribution >= 4 is 11.7 Å². The molecule has 0 heterocycles. The fourth-order valence-corrected chi connectivity index (χ4v) is 1.19. The first kappa shape index (κ1) is 10.7. The van der Waals surface area contributed by atoms with Crippen LogP contribution in [-0.2, 0) is 14.3 Å². The minimum Gasteiger partial charge on any atom is -0.386 e. The van der Waals surface area contributed by atoms with Crippen molar-refractivity contribution in [2.75, 3.05) is 19.8 Å². The van der Waals surface area contributed by atoms with Crippen LogP contribution in [0.15, 0.2) is 11.8 Å². The summed E-state index contributed by atoms with van der Waals surface area (Å²) in [5.74, 6) is -0.314. The third-order valence-corrected chi connectivity index (χ3v) is 1.82. The number of hydrogen-bond acceptors (Lipinski definition) is 4. The molecule has 0 atom stereocenters. The first-order valence-electron chi connectivity index (χ1n) is 4.52. The largest absolute Gasteiger partial charge is 0.386 e. The average Bonchev–Trinajstić information content (AvgIpc) is 2.50. The Hall–Kier alpha value is -1.36. The quantitative estimate of drug-likeness (QED) is 0.554. The summed E-state index contributed by atoms with van der Waals surface area (Å²) in [4.78, 5) is 21.1. The zero-order chi connectivity index (χ0) is 10.4. The Bertz CT molecular complexity index is 261. The number of nitrogens with one attached hydrogen (secondary N) is 1. The predicted octanol–water partition coefficient (Wildman–Crippen LogP) is -0.675. The van der Waals surface area contributed by atoms with Crippen LogP contribution in [0.2, 0.25) is 0 Å². The fraction of sp³-hybridized carbons (Fsp3) is 0.556. The van der Waals surface area contributed by atoms with Crippen LogP contribution in [0, 0.1) is 0 Å². The average molecular weight is 198 g/mol. The third kappa shape index (κ3) is 4.04. The monoisotopic (exact) mass is 198 g/mol. The fourth-order valence-electron chi connectivity index (χ4n) is 1.19. The van der Waals surface area contributed by atoms with Gasteiger partial charge in [0.25, 0.3) is 0 Å². The number of rotatable bonds is 6. The Balaban J connectivity index is 2.02. The lowest BCUT2D eigenvalue weighted by Crippen LogP contribution is -2.23. The number of ether oxygens (including phenoxy) is 1. The summed E-state index contributed by atoms with van der Waals surface area (Å²) < 4.78 is 4.93. The Kier molecular flexibility index (Phi) is 4.12. The van der Waals surface area contributed by atoms with E-state index in [0.29, 0.717) is 19.6 Å². The summed E-state index contributed by atoms with van der Waals surface area (Å²) >= 11 is 0. The molecule has 5 heteroatoms. The van der Waals surface area contributed by atoms with Gasteiger partial charge in [0, 0.05) is 24.7 Å². The van der Waals surface area contributed by atoms with Gasteiger partial charge < -0.3 is 15.8 Å². The van der Waals surface area contributed by atoms with Gasteiger partial charge in [-0.3, -0.25) is 9.59 Å². The normalized spacial score (nSPS) is 15.4. The van der Waals surface area contributed by atoms with Gasteiger partial charge in [-0.05, 0) is 6.42 Å². The smallest absolute Gasteiger partial charge is 0.243 e. The minimum atomic E-state index is -0.472. The van der Waals surface area contributed by atoms with Gasteiger partial charge in [-0.1, -0.05) is 0 Å². The van der Waals surface area contributed by atoms with E-state index in [4.69, 9.17) is 10.5 Å². The lowest BCUT2D eigenvalue weighted by molar-refractivity contribution is -0.122. The lowest BCUT2D eigenvalue weighted by Gasteiger charge is -2.05. The maximum absolute atomic E-state index is 10.8. The molecule has 0 aromatic rings. The summed E-state index contributed by atoms with van der Waals surface area (Å²) in [6, 6.07) is 0. The van der Waals surface area contributed by atoms with Crippen LogP contribution in [0.4, 0.5) is 0 Å². The molecular weight excluding hydrogens is 184 g/mol. The molecule has 0 fully saturated rings. The molecule has 78 valence electrons. The van der Waals surface area contributed by atoms with E-state index in [-0.39, 0.29) is 12.4 Å². The number of hydrogen-bond donors (Lipinski definition) is 2. The van der Waals surface area contributed by atoms with Crippen molar-refractivity contribution in [2.45, 2.75) is 12.8 Å². The molecule has 1 aliphatic rings. The van der Waals surface area contributed by atoms with Crippen molar-refractivity contribution in [1.29, 1.82) is 0 Å². The van der Waals surface area contributed by atoms with E-state index in [1.165, 1.54) is 0 Å². The number of allylic oxidation sites excluding steroid dienone is 2. The van der Waals surface area contributed by atoms with Gasteiger partial charge in [0.15, 0.2) is 5.78 Å². The van der Waals surface area contributed by atoms with Crippen LogP contribution >= 0.6 is 0 Å². The van der Waals surface area contributed by atoms with E-state index in [1.807, 2.05) is 0 Å². The highest BCUT2D eigenvalue weighted by Crippen LogP contribution is 2.10. The molecule has 0 unspecified atom stereocenters. The molecule has 0 aliphatic heterocycles. The topological polar surface area (TPSA) is 81.4 Å². The predicted molar refractivity (Wildman–Crippen MR) is 50.3 cm³/mol. The van der Waals surface area contributed by atoms with Gasteiger partial charge in [-0.2, -0.15) is 0 Å². The molecule has 0 bridgehead atoms. The number of nitrogens with two attached hydrogens (primary N) is 1. The summed E-state index contributed by atoms with van der Waals surface area (Å²) in [6.45, 7) is 0.945. The molecule has 1 rings (SSSR count). The van der Waals surface area contributed by atoms with Gasteiger partial charge in [-0.15, -0.1) is 0 Å². The summed E-state index contributed by atoms with van der Waals surface area (Å²) in [5, 5.41) is 3.05. The Morgan fingerprint density at radius 2 is 2.36 bits per heavy atom. The van der Waals surface area contributed by atoms with Crippen LogP contribution in [0.5, 0.6) is 0 Å². The number of carbonyl (C=O) groups excluding carboxylic acids is 2. The van der Waals surface area contributed by atoms with Crippen LogP contribution in [0.1, 0.15) is 12.8 Å². The number of ketones is 1. The van der Waals surface area contributed by atoms with Crippen LogP contribution in [0.3, 0.4) is 0 Å². The molecule has 0 saturated heterocycles. The van der Waals surface area contributed by atoms with E-state index in [0.717, 1.165) is 12.1 Å². The highest BCUT2D eigenvalue weighted by molar-refractivity contribution is 5.92. The van der Waals surface area contributed by atoms with Crippen molar-refractivity contribution < 1.29 is 14.3 Å². The molecule has 0 saturated carbocycles. The van der Waals surface area contributed by atoms with Gasteiger partial charge in [-0.25, -0.2) is 0 Å². The first-order chi connectivity index (χ1) is 6.68. The van der Waals surface area contributed by atoms with Crippen molar-refractivity contribution in [3.8, 4) is 0 Å². The second-order valence-corrected chi connectivity index (χ2v) is 3.08. The maximum atomic E-state index is 10.8.